The van der Waals surface area contributed by atoms with Crippen molar-refractivity contribution in [3.63, 3.8) is 0 Å². The van der Waals surface area contributed by atoms with Gasteiger partial charge in [-0.1, -0.05) is 0 Å². The Balaban J connectivity index is 2.97. The average molecular weight is 344 g/mol. The number of hydrogen-bond donors (Lipinski definition) is 3. The zero-order valence-electron chi connectivity index (χ0n) is 11.2. The molecule has 0 bridgehead atoms. The Hall–Kier alpha value is -2.46. The van der Waals surface area contributed by atoms with Crippen LogP contribution in [-0.2, 0) is 17.1 Å². The maximum absolute atomic E-state index is 12.6. The SMILES string of the molecule is O=C(O)CCNC(=O)Nc1cc(C(F)(F)F)cc(C(F)(F)F)c1. The van der Waals surface area contributed by atoms with Crippen molar-refractivity contribution in [1.29, 1.82) is 0 Å². The lowest BCUT2D eigenvalue weighted by atomic mass is 10.1. The molecule has 0 aliphatic carbocycles. The van der Waals surface area contributed by atoms with Gasteiger partial charge in [0.15, 0.2) is 0 Å². The van der Waals surface area contributed by atoms with Crippen LogP contribution in [0.1, 0.15) is 17.5 Å². The normalized spacial score (nSPS) is 11.9. The van der Waals surface area contributed by atoms with Crippen LogP contribution in [0.5, 0.6) is 0 Å². The van der Waals surface area contributed by atoms with E-state index in [2.05, 4.69) is 0 Å². The molecule has 0 heterocycles. The van der Waals surface area contributed by atoms with Crippen LogP contribution in [-0.4, -0.2) is 23.7 Å². The molecular weight excluding hydrogens is 334 g/mol. The van der Waals surface area contributed by atoms with Gasteiger partial charge in [-0.05, 0) is 18.2 Å². The molecule has 128 valence electrons. The largest absolute Gasteiger partial charge is 0.481 e. The van der Waals surface area contributed by atoms with Gasteiger partial charge in [0.25, 0.3) is 0 Å². The zero-order chi connectivity index (χ0) is 17.8. The van der Waals surface area contributed by atoms with E-state index in [0.29, 0.717) is 12.1 Å². The summed E-state index contributed by atoms with van der Waals surface area (Å²) in [6, 6.07) is -0.523. The molecule has 0 aliphatic rings. The van der Waals surface area contributed by atoms with Crippen LogP contribution in [0.4, 0.5) is 36.8 Å². The molecule has 1 aromatic carbocycles. The van der Waals surface area contributed by atoms with E-state index in [9.17, 15) is 35.9 Å². The molecule has 23 heavy (non-hydrogen) atoms. The molecule has 0 saturated carbocycles. The summed E-state index contributed by atoms with van der Waals surface area (Å²) in [6.07, 6.45) is -10.5. The molecule has 0 fully saturated rings. The van der Waals surface area contributed by atoms with Crippen LogP contribution in [0.3, 0.4) is 0 Å². The number of halogens is 6. The summed E-state index contributed by atoms with van der Waals surface area (Å²) in [5, 5.41) is 12.1. The number of carboxylic acid groups (broad SMARTS) is 1. The monoisotopic (exact) mass is 344 g/mol. The smallest absolute Gasteiger partial charge is 0.416 e. The van der Waals surface area contributed by atoms with E-state index in [1.54, 1.807) is 5.32 Å². The van der Waals surface area contributed by atoms with E-state index >= 15 is 0 Å². The topological polar surface area (TPSA) is 78.4 Å². The molecule has 0 unspecified atom stereocenters. The first-order chi connectivity index (χ1) is 10.4. The predicted octanol–water partition coefficient (Wildman–Crippen LogP) is 3.32. The summed E-state index contributed by atoms with van der Waals surface area (Å²) in [4.78, 5) is 21.6. The lowest BCUT2D eigenvalue weighted by molar-refractivity contribution is -0.143. The lowest BCUT2D eigenvalue weighted by Gasteiger charge is -2.15. The number of carbonyl (C=O) groups excluding carboxylic acids is 1. The molecule has 1 rings (SSSR count). The summed E-state index contributed by atoms with van der Waals surface area (Å²) < 4.78 is 75.6. The van der Waals surface area contributed by atoms with Gasteiger partial charge in [-0.15, -0.1) is 0 Å². The Morgan fingerprint density at radius 1 is 0.957 bits per heavy atom. The number of nitrogens with one attached hydrogen (secondary N) is 2. The van der Waals surface area contributed by atoms with E-state index in [4.69, 9.17) is 5.11 Å². The number of aliphatic carboxylic acids is 1. The third kappa shape index (κ3) is 6.04. The van der Waals surface area contributed by atoms with Gasteiger partial charge in [0.05, 0.1) is 17.5 Å². The minimum absolute atomic E-state index is 0.0759. The number of anilines is 1. The highest BCUT2D eigenvalue weighted by Crippen LogP contribution is 2.37. The van der Waals surface area contributed by atoms with Crippen molar-refractivity contribution in [3.05, 3.63) is 29.3 Å². The van der Waals surface area contributed by atoms with Gasteiger partial charge in [0, 0.05) is 12.2 Å². The average Bonchev–Trinajstić information content (AvgIpc) is 2.35. The van der Waals surface area contributed by atoms with Gasteiger partial charge >= 0.3 is 24.4 Å². The quantitative estimate of drug-likeness (QED) is 0.733. The van der Waals surface area contributed by atoms with Crippen molar-refractivity contribution in [1.82, 2.24) is 5.32 Å². The molecule has 0 radical (unpaired) electrons. The van der Waals surface area contributed by atoms with E-state index in [1.807, 2.05) is 5.32 Å². The highest BCUT2D eigenvalue weighted by molar-refractivity contribution is 5.89. The zero-order valence-corrected chi connectivity index (χ0v) is 11.2. The number of rotatable bonds is 4. The Bertz CT molecular complexity index is 565. The van der Waals surface area contributed by atoms with Crippen molar-refractivity contribution in [2.24, 2.45) is 0 Å². The first kappa shape index (κ1) is 18.6. The number of urea groups is 1. The van der Waals surface area contributed by atoms with Crippen molar-refractivity contribution in [3.8, 4) is 0 Å². The molecule has 5 nitrogen and oxygen atoms in total. The van der Waals surface area contributed by atoms with Gasteiger partial charge < -0.3 is 15.7 Å². The maximum Gasteiger partial charge on any atom is 0.416 e. The second kappa shape index (κ2) is 6.75. The summed E-state index contributed by atoms with van der Waals surface area (Å²) >= 11 is 0. The Morgan fingerprint density at radius 3 is 1.83 bits per heavy atom. The number of benzene rings is 1. The third-order valence-corrected chi connectivity index (χ3v) is 2.47. The van der Waals surface area contributed by atoms with Gasteiger partial charge in [0.2, 0.25) is 0 Å². The van der Waals surface area contributed by atoms with Gasteiger partial charge in [0.1, 0.15) is 0 Å². The van der Waals surface area contributed by atoms with Crippen molar-refractivity contribution >= 4 is 17.7 Å². The fraction of sp³-hybridized carbons (Fsp3) is 0.333. The fourth-order valence-electron chi connectivity index (χ4n) is 1.49. The molecular formula is C12H10F6N2O3. The maximum atomic E-state index is 12.6. The van der Waals surface area contributed by atoms with Crippen molar-refractivity contribution in [2.45, 2.75) is 18.8 Å². The number of alkyl halides is 6. The minimum Gasteiger partial charge on any atom is -0.481 e. The Kier molecular flexibility index (Phi) is 5.46. The minimum atomic E-state index is -5.03. The van der Waals surface area contributed by atoms with Gasteiger partial charge in [-0.3, -0.25) is 4.79 Å². The van der Waals surface area contributed by atoms with Crippen LogP contribution in [0.15, 0.2) is 18.2 Å². The van der Waals surface area contributed by atoms with E-state index in [-0.39, 0.29) is 12.6 Å². The van der Waals surface area contributed by atoms with Gasteiger partial charge in [-0.25, -0.2) is 4.79 Å². The van der Waals surface area contributed by atoms with Crippen LogP contribution in [0, 0.1) is 0 Å². The van der Waals surface area contributed by atoms with Crippen molar-refractivity contribution < 1.29 is 41.0 Å². The van der Waals surface area contributed by atoms with Gasteiger partial charge in [-0.2, -0.15) is 26.3 Å². The van der Waals surface area contributed by atoms with Crippen LogP contribution >= 0.6 is 0 Å². The molecule has 3 N–H and O–H groups in total. The van der Waals surface area contributed by atoms with Crippen LogP contribution in [0.2, 0.25) is 0 Å². The fourth-order valence-corrected chi connectivity index (χ4v) is 1.49. The molecule has 0 aromatic heterocycles. The molecule has 0 atom stereocenters. The summed E-state index contributed by atoms with van der Waals surface area (Å²) in [6.45, 7) is -0.341. The molecule has 1 aromatic rings. The molecule has 0 saturated heterocycles. The summed E-state index contributed by atoms with van der Waals surface area (Å²) in [5.74, 6) is -1.23. The van der Waals surface area contributed by atoms with Crippen LogP contribution < -0.4 is 10.6 Å². The molecule has 0 aliphatic heterocycles. The summed E-state index contributed by atoms with van der Waals surface area (Å²) in [7, 11) is 0. The molecule has 2 amide bonds. The highest BCUT2D eigenvalue weighted by atomic mass is 19.4. The number of carboxylic acids is 1. The van der Waals surface area contributed by atoms with E-state index in [0.717, 1.165) is 0 Å². The molecule has 0 spiro atoms. The Morgan fingerprint density at radius 2 is 1.43 bits per heavy atom. The predicted molar refractivity (Wildman–Crippen MR) is 65.7 cm³/mol. The number of carbonyl (C=O) groups is 2. The molecule has 11 heteroatoms. The number of amides is 2. The lowest BCUT2D eigenvalue weighted by Crippen LogP contribution is -2.30. The first-order valence-electron chi connectivity index (χ1n) is 5.95. The number of hydrogen-bond acceptors (Lipinski definition) is 2. The highest BCUT2D eigenvalue weighted by Gasteiger charge is 2.37. The van der Waals surface area contributed by atoms with E-state index < -0.39 is 47.6 Å². The summed E-state index contributed by atoms with van der Waals surface area (Å²) in [5.41, 5.74) is -3.87. The second-order valence-corrected chi connectivity index (χ2v) is 4.32. The van der Waals surface area contributed by atoms with Crippen LogP contribution in [0.25, 0.3) is 0 Å². The Labute approximate surface area is 125 Å². The standard InChI is InChI=1S/C12H10F6N2O3/c13-11(14,15)6-3-7(12(16,17)18)5-8(4-6)20-10(23)19-2-1-9(21)22/h3-5H,1-2H2,(H,21,22)(H2,19,20,23). The van der Waals surface area contributed by atoms with E-state index in [1.165, 1.54) is 0 Å². The third-order valence-electron chi connectivity index (χ3n) is 2.47. The second-order valence-electron chi connectivity index (χ2n) is 4.32. The van der Waals surface area contributed by atoms with Crippen molar-refractivity contribution in [2.75, 3.05) is 11.9 Å². The first-order valence-corrected chi connectivity index (χ1v) is 5.95.